The van der Waals surface area contributed by atoms with Gasteiger partial charge in [0.2, 0.25) is 0 Å². The van der Waals surface area contributed by atoms with E-state index >= 15 is 0 Å². The highest BCUT2D eigenvalue weighted by atomic mass is 15.3. The molecule has 0 saturated heterocycles. The van der Waals surface area contributed by atoms with Crippen LogP contribution in [-0.2, 0) is 6.54 Å². The maximum absolute atomic E-state index is 9.47. The SMILES string of the molecule is N#CC(Cn1cc(-c2ncnc3[nH]ccc23)cn1)C1CCCC1. The average molecular weight is 306 g/mol. The highest BCUT2D eigenvalue weighted by molar-refractivity contribution is 5.89. The molecule has 1 aliphatic carbocycles. The number of nitrogens with one attached hydrogen (secondary N) is 1. The topological polar surface area (TPSA) is 83.2 Å². The summed E-state index contributed by atoms with van der Waals surface area (Å²) in [7, 11) is 0. The molecule has 1 aliphatic rings. The number of nitrogens with zero attached hydrogens (tertiary/aromatic N) is 5. The summed E-state index contributed by atoms with van der Waals surface area (Å²) in [4.78, 5) is 11.7. The molecule has 3 heterocycles. The predicted molar refractivity (Wildman–Crippen MR) is 86.2 cm³/mol. The van der Waals surface area contributed by atoms with Crippen molar-refractivity contribution < 1.29 is 0 Å². The molecule has 23 heavy (non-hydrogen) atoms. The van der Waals surface area contributed by atoms with Gasteiger partial charge in [0.1, 0.15) is 12.0 Å². The largest absolute Gasteiger partial charge is 0.346 e. The molecule has 0 amide bonds. The predicted octanol–water partition coefficient (Wildman–Crippen LogP) is 3.15. The van der Waals surface area contributed by atoms with Crippen molar-refractivity contribution in [3.8, 4) is 17.3 Å². The van der Waals surface area contributed by atoms with Gasteiger partial charge in [0.05, 0.1) is 30.4 Å². The molecule has 0 aliphatic heterocycles. The first kappa shape index (κ1) is 13.9. The van der Waals surface area contributed by atoms with Crippen LogP contribution in [0.5, 0.6) is 0 Å². The monoisotopic (exact) mass is 306 g/mol. The van der Waals surface area contributed by atoms with Gasteiger partial charge in [0, 0.05) is 23.3 Å². The fraction of sp³-hybridized carbons (Fsp3) is 0.412. The van der Waals surface area contributed by atoms with Gasteiger partial charge >= 0.3 is 0 Å². The van der Waals surface area contributed by atoms with E-state index in [1.807, 2.05) is 29.3 Å². The van der Waals surface area contributed by atoms with Crippen LogP contribution in [0.1, 0.15) is 25.7 Å². The van der Waals surface area contributed by atoms with E-state index in [2.05, 4.69) is 26.1 Å². The van der Waals surface area contributed by atoms with Gasteiger partial charge in [-0.05, 0) is 24.8 Å². The Bertz CT molecular complexity index is 849. The summed E-state index contributed by atoms with van der Waals surface area (Å²) in [5, 5.41) is 14.9. The van der Waals surface area contributed by atoms with E-state index in [-0.39, 0.29) is 5.92 Å². The second-order valence-corrected chi connectivity index (χ2v) is 6.19. The van der Waals surface area contributed by atoms with Gasteiger partial charge in [-0.15, -0.1) is 0 Å². The number of rotatable bonds is 4. The molecule has 1 fully saturated rings. The van der Waals surface area contributed by atoms with Crippen molar-refractivity contribution in [1.82, 2.24) is 24.7 Å². The second kappa shape index (κ2) is 5.84. The Balaban J connectivity index is 1.59. The molecule has 0 aromatic carbocycles. The molecular formula is C17H18N6. The van der Waals surface area contributed by atoms with Gasteiger partial charge in [-0.2, -0.15) is 10.4 Å². The fourth-order valence-corrected chi connectivity index (χ4v) is 3.54. The van der Waals surface area contributed by atoms with E-state index in [4.69, 9.17) is 0 Å². The van der Waals surface area contributed by atoms with Crippen LogP contribution in [0.3, 0.4) is 0 Å². The molecule has 6 heteroatoms. The first-order chi connectivity index (χ1) is 11.3. The summed E-state index contributed by atoms with van der Waals surface area (Å²) in [5.41, 5.74) is 2.65. The smallest absolute Gasteiger partial charge is 0.141 e. The fourth-order valence-electron chi connectivity index (χ4n) is 3.54. The summed E-state index contributed by atoms with van der Waals surface area (Å²) < 4.78 is 1.88. The highest BCUT2D eigenvalue weighted by Crippen LogP contribution is 2.32. The molecule has 3 aromatic rings. The van der Waals surface area contributed by atoms with E-state index in [1.165, 1.54) is 25.7 Å². The maximum atomic E-state index is 9.47. The van der Waals surface area contributed by atoms with Crippen LogP contribution in [0, 0.1) is 23.2 Å². The van der Waals surface area contributed by atoms with Gasteiger partial charge in [-0.1, -0.05) is 12.8 Å². The van der Waals surface area contributed by atoms with Crippen molar-refractivity contribution in [2.45, 2.75) is 32.2 Å². The third-order valence-electron chi connectivity index (χ3n) is 4.78. The average Bonchev–Trinajstić information content (AvgIpc) is 3.32. The molecule has 1 atom stereocenters. The summed E-state index contributed by atoms with van der Waals surface area (Å²) in [6.45, 7) is 0.655. The summed E-state index contributed by atoms with van der Waals surface area (Å²) >= 11 is 0. The highest BCUT2D eigenvalue weighted by Gasteiger charge is 2.25. The quantitative estimate of drug-likeness (QED) is 0.802. The Morgan fingerprint density at radius 1 is 1.35 bits per heavy atom. The molecule has 1 unspecified atom stereocenters. The number of hydrogen-bond acceptors (Lipinski definition) is 4. The molecule has 3 aromatic heterocycles. The van der Waals surface area contributed by atoms with Crippen LogP contribution < -0.4 is 0 Å². The summed E-state index contributed by atoms with van der Waals surface area (Å²) in [6, 6.07) is 4.45. The Labute approximate surface area is 134 Å². The molecule has 116 valence electrons. The maximum Gasteiger partial charge on any atom is 0.141 e. The van der Waals surface area contributed by atoms with Crippen LogP contribution in [0.2, 0.25) is 0 Å². The standard InChI is InChI=1S/C17H18N6/c18-7-13(12-3-1-2-4-12)9-23-10-14(8-22-23)16-15-5-6-19-17(15)21-11-20-16/h5-6,8,10-13H,1-4,9H2,(H,19,20,21). The first-order valence-electron chi connectivity index (χ1n) is 8.05. The number of aromatic amines is 1. The molecular weight excluding hydrogens is 288 g/mol. The number of H-pyrrole nitrogens is 1. The van der Waals surface area contributed by atoms with Crippen LogP contribution in [0.15, 0.2) is 31.0 Å². The third-order valence-corrected chi connectivity index (χ3v) is 4.78. The minimum atomic E-state index is 0.0444. The van der Waals surface area contributed by atoms with Gasteiger partial charge in [0.25, 0.3) is 0 Å². The Morgan fingerprint density at radius 2 is 2.22 bits per heavy atom. The van der Waals surface area contributed by atoms with E-state index in [0.717, 1.165) is 22.3 Å². The first-order valence-corrected chi connectivity index (χ1v) is 8.05. The third kappa shape index (κ3) is 2.59. The number of fused-ring (bicyclic) bond motifs is 1. The zero-order valence-corrected chi connectivity index (χ0v) is 12.8. The minimum absolute atomic E-state index is 0.0444. The van der Waals surface area contributed by atoms with E-state index in [9.17, 15) is 5.26 Å². The normalized spacial score (nSPS) is 16.7. The van der Waals surface area contributed by atoms with Gasteiger partial charge < -0.3 is 4.98 Å². The molecule has 1 N–H and O–H groups in total. The molecule has 0 bridgehead atoms. The van der Waals surface area contributed by atoms with E-state index in [0.29, 0.717) is 12.5 Å². The van der Waals surface area contributed by atoms with E-state index in [1.54, 1.807) is 6.33 Å². The van der Waals surface area contributed by atoms with Crippen molar-refractivity contribution in [3.63, 3.8) is 0 Å². The molecule has 0 radical (unpaired) electrons. The van der Waals surface area contributed by atoms with Crippen LogP contribution in [-0.4, -0.2) is 24.7 Å². The van der Waals surface area contributed by atoms with Crippen molar-refractivity contribution in [2.24, 2.45) is 11.8 Å². The molecule has 1 saturated carbocycles. The zero-order chi connectivity index (χ0) is 15.6. The van der Waals surface area contributed by atoms with Crippen molar-refractivity contribution in [2.75, 3.05) is 0 Å². The van der Waals surface area contributed by atoms with Crippen molar-refractivity contribution in [1.29, 1.82) is 5.26 Å². The number of hydrogen-bond donors (Lipinski definition) is 1. The molecule has 0 spiro atoms. The van der Waals surface area contributed by atoms with Gasteiger partial charge in [-0.3, -0.25) is 4.68 Å². The molecule has 6 nitrogen and oxygen atoms in total. The summed E-state index contributed by atoms with van der Waals surface area (Å²) in [5.74, 6) is 0.561. The lowest BCUT2D eigenvalue weighted by molar-refractivity contribution is 0.355. The lowest BCUT2D eigenvalue weighted by Gasteiger charge is -2.15. The minimum Gasteiger partial charge on any atom is -0.346 e. The lowest BCUT2D eigenvalue weighted by Crippen LogP contribution is -2.17. The Morgan fingerprint density at radius 3 is 3.04 bits per heavy atom. The number of aromatic nitrogens is 5. The Kier molecular flexibility index (Phi) is 3.54. The Hall–Kier alpha value is -2.68. The van der Waals surface area contributed by atoms with E-state index < -0.39 is 0 Å². The van der Waals surface area contributed by atoms with Gasteiger partial charge in [0.15, 0.2) is 0 Å². The summed E-state index contributed by atoms with van der Waals surface area (Å²) in [6.07, 6.45) is 12.1. The van der Waals surface area contributed by atoms with Crippen molar-refractivity contribution in [3.05, 3.63) is 31.0 Å². The van der Waals surface area contributed by atoms with Gasteiger partial charge in [-0.25, -0.2) is 9.97 Å². The second-order valence-electron chi connectivity index (χ2n) is 6.19. The van der Waals surface area contributed by atoms with Crippen LogP contribution in [0.4, 0.5) is 0 Å². The van der Waals surface area contributed by atoms with Crippen molar-refractivity contribution >= 4 is 11.0 Å². The van der Waals surface area contributed by atoms with Crippen LogP contribution >= 0.6 is 0 Å². The zero-order valence-electron chi connectivity index (χ0n) is 12.8. The molecule has 4 rings (SSSR count). The number of nitriles is 1. The van der Waals surface area contributed by atoms with Crippen LogP contribution in [0.25, 0.3) is 22.3 Å². The lowest BCUT2D eigenvalue weighted by atomic mass is 9.92.